The molecule has 6 rings (SSSR count). The van der Waals surface area contributed by atoms with E-state index in [1.165, 1.54) is 12.1 Å². The third kappa shape index (κ3) is 2.60. The lowest BCUT2D eigenvalue weighted by atomic mass is 10.0. The van der Waals surface area contributed by atoms with Gasteiger partial charge in [-0.1, -0.05) is 6.07 Å². The first kappa shape index (κ1) is 16.7. The van der Waals surface area contributed by atoms with Crippen molar-refractivity contribution in [1.29, 1.82) is 0 Å². The van der Waals surface area contributed by atoms with Crippen LogP contribution in [0.2, 0.25) is 0 Å². The molecule has 0 spiro atoms. The van der Waals surface area contributed by atoms with E-state index in [1.807, 2.05) is 40.9 Å². The van der Waals surface area contributed by atoms with E-state index >= 15 is 0 Å². The van der Waals surface area contributed by atoms with Crippen LogP contribution in [0.1, 0.15) is 0 Å². The van der Waals surface area contributed by atoms with Crippen molar-refractivity contribution in [2.24, 2.45) is 0 Å². The summed E-state index contributed by atoms with van der Waals surface area (Å²) in [4.78, 5) is 16.7. The van der Waals surface area contributed by atoms with Crippen molar-refractivity contribution < 1.29 is 8.81 Å². The van der Waals surface area contributed by atoms with Gasteiger partial charge in [0.15, 0.2) is 0 Å². The van der Waals surface area contributed by atoms with Gasteiger partial charge in [0.05, 0.1) is 16.7 Å². The van der Waals surface area contributed by atoms with Crippen LogP contribution in [0.15, 0.2) is 83.9 Å². The number of nitrogens with zero attached hydrogens (tertiary/aromatic N) is 4. The highest BCUT2D eigenvalue weighted by atomic mass is 19.1. The molecule has 0 saturated carbocycles. The van der Waals surface area contributed by atoms with Crippen LogP contribution in [0, 0.1) is 5.82 Å². The average Bonchev–Trinajstić information content (AvgIpc) is 3.48. The summed E-state index contributed by atoms with van der Waals surface area (Å²) in [5.74, 6) is 0.974. The van der Waals surface area contributed by atoms with Gasteiger partial charge in [-0.05, 0) is 48.5 Å². The molecule has 2 aromatic carbocycles. The molecule has 0 fully saturated rings. The van der Waals surface area contributed by atoms with E-state index in [2.05, 4.69) is 19.9 Å². The predicted molar refractivity (Wildman–Crippen MR) is 111 cm³/mol. The number of halogens is 1. The van der Waals surface area contributed by atoms with Gasteiger partial charge >= 0.3 is 5.84 Å². The molecule has 0 atom stereocenters. The topological polar surface area (TPSA) is 72.0 Å². The molecule has 6 nitrogen and oxygen atoms in total. The van der Waals surface area contributed by atoms with Gasteiger partial charge in [-0.25, -0.2) is 9.37 Å². The van der Waals surface area contributed by atoms with Crippen molar-refractivity contribution in [3.05, 3.63) is 85.3 Å². The van der Waals surface area contributed by atoms with Gasteiger partial charge in [-0.2, -0.15) is 4.98 Å². The number of imidazole rings is 2. The number of rotatable bonds is 3. The van der Waals surface area contributed by atoms with E-state index in [-0.39, 0.29) is 5.82 Å². The predicted octanol–water partition coefficient (Wildman–Crippen LogP) is 5.34. The Kier molecular flexibility index (Phi) is 3.55. The maximum Gasteiger partial charge on any atom is 0.306 e. The molecule has 0 aliphatic carbocycles. The molecule has 30 heavy (non-hydrogen) atoms. The summed E-state index contributed by atoms with van der Waals surface area (Å²) in [6.45, 7) is 0. The Labute approximate surface area is 169 Å². The molecule has 0 saturated heterocycles. The number of nitrogens with one attached hydrogen (secondary N) is 1. The molecule has 0 aliphatic rings. The summed E-state index contributed by atoms with van der Waals surface area (Å²) < 4.78 is 20.8. The fourth-order valence-corrected chi connectivity index (χ4v) is 3.67. The average molecular weight is 395 g/mol. The molecular formula is C23H14FN5O. The molecule has 0 radical (unpaired) electrons. The van der Waals surface area contributed by atoms with Crippen molar-refractivity contribution in [2.45, 2.75) is 0 Å². The molecule has 144 valence electrons. The van der Waals surface area contributed by atoms with Crippen molar-refractivity contribution in [2.75, 3.05) is 0 Å². The zero-order valence-corrected chi connectivity index (χ0v) is 15.6. The Morgan fingerprint density at radius 1 is 0.867 bits per heavy atom. The molecule has 0 aliphatic heterocycles. The second-order valence-corrected chi connectivity index (χ2v) is 6.92. The zero-order valence-electron chi connectivity index (χ0n) is 15.6. The third-order valence-electron chi connectivity index (χ3n) is 5.09. The molecule has 4 aromatic heterocycles. The van der Waals surface area contributed by atoms with Crippen LogP contribution >= 0.6 is 0 Å². The summed E-state index contributed by atoms with van der Waals surface area (Å²) in [7, 11) is 0. The maximum atomic E-state index is 13.4. The number of hydrogen-bond donors (Lipinski definition) is 1. The minimum absolute atomic E-state index is 0.286. The zero-order chi connectivity index (χ0) is 20.1. The van der Waals surface area contributed by atoms with E-state index in [9.17, 15) is 4.39 Å². The number of H-pyrrole nitrogens is 1. The first-order chi connectivity index (χ1) is 14.8. The lowest BCUT2D eigenvalue weighted by Gasteiger charge is -2.05. The lowest BCUT2D eigenvalue weighted by molar-refractivity contribution is 0.596. The second kappa shape index (κ2) is 6.38. The van der Waals surface area contributed by atoms with Gasteiger partial charge in [0.1, 0.15) is 23.6 Å². The molecule has 0 bridgehead atoms. The SMILES string of the molecule is Fc1ccc(-c2nc3occn3c2-c2ccc3nc(-c4ccncc4)[nH]c3c2)cc1. The van der Waals surface area contributed by atoms with Crippen molar-refractivity contribution in [3.63, 3.8) is 0 Å². The molecule has 0 unspecified atom stereocenters. The van der Waals surface area contributed by atoms with Crippen LogP contribution in [-0.2, 0) is 0 Å². The third-order valence-corrected chi connectivity index (χ3v) is 5.09. The summed E-state index contributed by atoms with van der Waals surface area (Å²) in [5.41, 5.74) is 6.09. The van der Waals surface area contributed by atoms with E-state index in [1.54, 1.807) is 30.8 Å². The van der Waals surface area contributed by atoms with E-state index in [0.717, 1.165) is 44.9 Å². The van der Waals surface area contributed by atoms with E-state index in [4.69, 9.17) is 4.42 Å². The summed E-state index contributed by atoms with van der Waals surface area (Å²) in [6.07, 6.45) is 6.90. The Morgan fingerprint density at radius 2 is 1.67 bits per heavy atom. The Hall–Kier alpha value is -4.26. The monoisotopic (exact) mass is 395 g/mol. The van der Waals surface area contributed by atoms with E-state index in [0.29, 0.717) is 5.84 Å². The number of benzene rings is 2. The highest BCUT2D eigenvalue weighted by Crippen LogP contribution is 2.34. The van der Waals surface area contributed by atoms with Crippen molar-refractivity contribution >= 4 is 16.9 Å². The number of aromatic amines is 1. The van der Waals surface area contributed by atoms with Gasteiger partial charge in [-0.3, -0.25) is 9.38 Å². The Bertz CT molecular complexity index is 1500. The fraction of sp³-hybridized carbons (Fsp3) is 0. The first-order valence-corrected chi connectivity index (χ1v) is 9.38. The smallest absolute Gasteiger partial charge is 0.306 e. The summed E-state index contributed by atoms with van der Waals surface area (Å²) >= 11 is 0. The number of aromatic nitrogens is 5. The minimum Gasteiger partial charge on any atom is -0.432 e. The van der Waals surface area contributed by atoms with Gasteiger partial charge in [0.2, 0.25) is 0 Å². The number of oxazole rings is 1. The van der Waals surface area contributed by atoms with Crippen LogP contribution in [0.25, 0.3) is 50.8 Å². The highest BCUT2D eigenvalue weighted by Gasteiger charge is 2.18. The van der Waals surface area contributed by atoms with Crippen LogP contribution in [0.3, 0.4) is 0 Å². The minimum atomic E-state index is -0.286. The summed E-state index contributed by atoms with van der Waals surface area (Å²) in [6, 6.07) is 16.1. The second-order valence-electron chi connectivity index (χ2n) is 6.92. The quantitative estimate of drug-likeness (QED) is 0.439. The normalized spacial score (nSPS) is 11.5. The Morgan fingerprint density at radius 3 is 2.50 bits per heavy atom. The van der Waals surface area contributed by atoms with Crippen LogP contribution in [0.5, 0.6) is 0 Å². The first-order valence-electron chi connectivity index (χ1n) is 9.38. The molecule has 6 aromatic rings. The highest BCUT2D eigenvalue weighted by molar-refractivity contribution is 5.88. The molecule has 7 heteroatoms. The summed E-state index contributed by atoms with van der Waals surface area (Å²) in [5, 5.41) is 0. The number of hydrogen-bond acceptors (Lipinski definition) is 4. The van der Waals surface area contributed by atoms with E-state index < -0.39 is 0 Å². The van der Waals surface area contributed by atoms with Gasteiger partial charge < -0.3 is 9.40 Å². The number of fused-ring (bicyclic) bond motifs is 2. The van der Waals surface area contributed by atoms with Crippen molar-refractivity contribution in [3.8, 4) is 33.9 Å². The van der Waals surface area contributed by atoms with Crippen LogP contribution in [-0.4, -0.2) is 24.3 Å². The number of pyridine rings is 1. The molecule has 0 amide bonds. The molecule has 1 N–H and O–H groups in total. The van der Waals surface area contributed by atoms with Crippen molar-refractivity contribution in [1.82, 2.24) is 24.3 Å². The lowest BCUT2D eigenvalue weighted by Crippen LogP contribution is -1.88. The van der Waals surface area contributed by atoms with Gasteiger partial charge in [0.25, 0.3) is 0 Å². The molecular weight excluding hydrogens is 381 g/mol. The van der Waals surface area contributed by atoms with Gasteiger partial charge in [-0.15, -0.1) is 0 Å². The Balaban J connectivity index is 1.54. The largest absolute Gasteiger partial charge is 0.432 e. The fourth-order valence-electron chi connectivity index (χ4n) is 3.67. The standard InChI is InChI=1S/C23H14FN5O/c24-17-4-1-14(2-5-17)20-21(29-11-12-30-23(29)28-20)16-3-6-18-19(13-16)27-22(26-18)15-7-9-25-10-8-15/h1-13H,(H,26,27). The van der Waals surface area contributed by atoms with Gasteiger partial charge in [0, 0.05) is 35.3 Å². The van der Waals surface area contributed by atoms with Crippen LogP contribution in [0.4, 0.5) is 4.39 Å². The maximum absolute atomic E-state index is 13.4. The van der Waals surface area contributed by atoms with Crippen LogP contribution < -0.4 is 0 Å². The molecule has 4 heterocycles.